The van der Waals surface area contributed by atoms with Gasteiger partial charge in [-0.3, -0.25) is 0 Å². The summed E-state index contributed by atoms with van der Waals surface area (Å²) in [5, 5.41) is 18.6. The summed E-state index contributed by atoms with van der Waals surface area (Å²) in [5.74, 6) is 0.0535. The highest BCUT2D eigenvalue weighted by Gasteiger charge is 2.15. The molecule has 3 nitrogen and oxygen atoms in total. The molecule has 0 saturated heterocycles. The van der Waals surface area contributed by atoms with Gasteiger partial charge in [-0.05, 0) is 19.8 Å². The quantitative estimate of drug-likeness (QED) is 0.628. The van der Waals surface area contributed by atoms with Gasteiger partial charge in [-0.15, -0.1) is 0 Å². The van der Waals surface area contributed by atoms with Crippen molar-refractivity contribution in [3.8, 4) is 0 Å². The van der Waals surface area contributed by atoms with Crippen molar-refractivity contribution < 1.29 is 15.0 Å². The highest BCUT2D eigenvalue weighted by atomic mass is 16.3. The van der Waals surface area contributed by atoms with E-state index >= 15 is 0 Å². The lowest BCUT2D eigenvalue weighted by Gasteiger charge is -2.15. The Morgan fingerprint density at radius 3 is 2.17 bits per heavy atom. The third-order valence-corrected chi connectivity index (χ3v) is 1.82. The average molecular weight is 174 g/mol. The summed E-state index contributed by atoms with van der Waals surface area (Å²) < 4.78 is 0. The molecular weight excluding hydrogens is 156 g/mol. The zero-order valence-electron chi connectivity index (χ0n) is 7.79. The van der Waals surface area contributed by atoms with Crippen LogP contribution in [-0.2, 0) is 4.79 Å². The van der Waals surface area contributed by atoms with E-state index in [-0.39, 0.29) is 5.78 Å². The van der Waals surface area contributed by atoms with Crippen LogP contribution in [0.2, 0.25) is 0 Å². The first-order valence-electron chi connectivity index (χ1n) is 4.43. The maximum absolute atomic E-state index is 10.5. The van der Waals surface area contributed by atoms with Crippen molar-refractivity contribution in [2.75, 3.05) is 0 Å². The molecule has 12 heavy (non-hydrogen) atoms. The average Bonchev–Trinajstić information content (AvgIpc) is 2.00. The first-order valence-corrected chi connectivity index (χ1v) is 4.43. The van der Waals surface area contributed by atoms with Gasteiger partial charge in [0.1, 0.15) is 5.78 Å². The Morgan fingerprint density at radius 1 is 1.25 bits per heavy atom. The second-order valence-electron chi connectivity index (χ2n) is 3.16. The Balaban J connectivity index is 3.55. The van der Waals surface area contributed by atoms with E-state index in [0.717, 1.165) is 6.42 Å². The molecule has 72 valence electrons. The normalized spacial score (nSPS) is 15.7. The molecule has 2 unspecified atom stereocenters. The fourth-order valence-corrected chi connectivity index (χ4v) is 1.03. The molecule has 0 saturated carbocycles. The number of aliphatic hydroxyl groups is 2. The van der Waals surface area contributed by atoms with Gasteiger partial charge in [-0.2, -0.15) is 0 Å². The van der Waals surface area contributed by atoms with Crippen molar-refractivity contribution >= 4 is 5.78 Å². The molecule has 0 fully saturated rings. The lowest BCUT2D eigenvalue weighted by atomic mass is 10.0. The monoisotopic (exact) mass is 174 g/mol. The van der Waals surface area contributed by atoms with Gasteiger partial charge in [-0.25, -0.2) is 0 Å². The highest BCUT2D eigenvalue weighted by Crippen LogP contribution is 2.07. The predicted molar refractivity (Wildman–Crippen MR) is 46.8 cm³/mol. The molecule has 3 heteroatoms. The summed E-state index contributed by atoms with van der Waals surface area (Å²) in [7, 11) is 0. The molecule has 0 aliphatic carbocycles. The second-order valence-corrected chi connectivity index (χ2v) is 3.16. The number of Topliss-reactive ketones (excluding diaryl/α,β-unsaturated/α-hetero) is 1. The van der Waals surface area contributed by atoms with Crippen LogP contribution in [0.1, 0.15) is 39.5 Å². The molecule has 0 bridgehead atoms. The third kappa shape index (κ3) is 5.27. The summed E-state index contributed by atoms with van der Waals surface area (Å²) in [6.07, 6.45) is 0.749. The van der Waals surface area contributed by atoms with Crippen LogP contribution in [-0.4, -0.2) is 28.2 Å². The van der Waals surface area contributed by atoms with Crippen molar-refractivity contribution in [2.45, 2.75) is 51.7 Å². The molecule has 0 aliphatic heterocycles. The molecular formula is C9H18O3. The van der Waals surface area contributed by atoms with Crippen molar-refractivity contribution in [3.05, 3.63) is 0 Å². The van der Waals surface area contributed by atoms with Gasteiger partial charge in [0.25, 0.3) is 0 Å². The number of carbonyl (C=O) groups excluding carboxylic acids is 1. The van der Waals surface area contributed by atoms with Crippen molar-refractivity contribution in [1.82, 2.24) is 0 Å². The molecule has 0 spiro atoms. The van der Waals surface area contributed by atoms with E-state index in [1.807, 2.05) is 6.92 Å². The van der Waals surface area contributed by atoms with E-state index in [4.69, 9.17) is 0 Å². The largest absolute Gasteiger partial charge is 0.390 e. The Kier molecular flexibility index (Phi) is 5.93. The molecule has 0 aromatic heterocycles. The Hall–Kier alpha value is -0.410. The van der Waals surface area contributed by atoms with Crippen LogP contribution in [0.3, 0.4) is 0 Å². The van der Waals surface area contributed by atoms with Gasteiger partial charge in [0.15, 0.2) is 0 Å². The second kappa shape index (κ2) is 6.14. The molecule has 0 aromatic rings. The molecule has 0 rings (SSSR count). The third-order valence-electron chi connectivity index (χ3n) is 1.82. The molecule has 0 radical (unpaired) electrons. The van der Waals surface area contributed by atoms with Gasteiger partial charge in [0.05, 0.1) is 12.2 Å². The maximum Gasteiger partial charge on any atom is 0.129 e. The summed E-state index contributed by atoms with van der Waals surface area (Å²) in [6, 6.07) is 0. The minimum Gasteiger partial charge on any atom is -0.390 e. The fraction of sp³-hybridized carbons (Fsp3) is 0.889. The van der Waals surface area contributed by atoms with Crippen LogP contribution in [0.25, 0.3) is 0 Å². The SMILES string of the molecule is CCCC(O)C(O)CCC(C)=O. The topological polar surface area (TPSA) is 57.5 Å². The summed E-state index contributed by atoms with van der Waals surface area (Å²) in [4.78, 5) is 10.5. The highest BCUT2D eigenvalue weighted by molar-refractivity contribution is 5.75. The van der Waals surface area contributed by atoms with Crippen LogP contribution < -0.4 is 0 Å². The van der Waals surface area contributed by atoms with Crippen LogP contribution in [0.5, 0.6) is 0 Å². The lowest BCUT2D eigenvalue weighted by molar-refractivity contribution is -0.118. The number of aliphatic hydroxyl groups excluding tert-OH is 2. The van der Waals surface area contributed by atoms with Crippen molar-refractivity contribution in [2.24, 2.45) is 0 Å². The van der Waals surface area contributed by atoms with Gasteiger partial charge < -0.3 is 15.0 Å². The molecule has 2 N–H and O–H groups in total. The maximum atomic E-state index is 10.5. The fourth-order valence-electron chi connectivity index (χ4n) is 1.03. The molecule has 0 heterocycles. The first kappa shape index (κ1) is 11.6. The summed E-state index contributed by atoms with van der Waals surface area (Å²) in [5.41, 5.74) is 0. The Labute approximate surface area is 73.4 Å². The van der Waals surface area contributed by atoms with Crippen LogP contribution in [0.15, 0.2) is 0 Å². The lowest BCUT2D eigenvalue weighted by Crippen LogP contribution is -2.26. The number of ketones is 1. The first-order chi connectivity index (χ1) is 5.57. The smallest absolute Gasteiger partial charge is 0.129 e. The minimum absolute atomic E-state index is 0.0535. The number of rotatable bonds is 6. The number of hydrogen-bond donors (Lipinski definition) is 2. The van der Waals surface area contributed by atoms with Crippen LogP contribution in [0, 0.1) is 0 Å². The van der Waals surface area contributed by atoms with Crippen molar-refractivity contribution in [1.29, 1.82) is 0 Å². The van der Waals surface area contributed by atoms with Crippen molar-refractivity contribution in [3.63, 3.8) is 0 Å². The van der Waals surface area contributed by atoms with Gasteiger partial charge in [-0.1, -0.05) is 13.3 Å². The zero-order chi connectivity index (χ0) is 9.56. The van der Waals surface area contributed by atoms with Crippen LogP contribution in [0.4, 0.5) is 0 Å². The Bertz CT molecular complexity index is 134. The molecule has 2 atom stereocenters. The number of carbonyl (C=O) groups is 1. The Morgan fingerprint density at radius 2 is 1.75 bits per heavy atom. The minimum atomic E-state index is -0.742. The standard InChI is InChI=1S/C9H18O3/c1-3-4-8(11)9(12)6-5-7(2)10/h8-9,11-12H,3-6H2,1-2H3. The van der Waals surface area contributed by atoms with E-state index in [9.17, 15) is 15.0 Å². The molecule has 0 amide bonds. The summed E-state index contributed by atoms with van der Waals surface area (Å²) in [6.45, 7) is 3.43. The van der Waals surface area contributed by atoms with E-state index < -0.39 is 12.2 Å². The van der Waals surface area contributed by atoms with E-state index in [1.165, 1.54) is 6.92 Å². The van der Waals surface area contributed by atoms with Gasteiger partial charge in [0, 0.05) is 6.42 Å². The zero-order valence-corrected chi connectivity index (χ0v) is 7.79. The number of hydrogen-bond acceptors (Lipinski definition) is 3. The molecule has 0 aromatic carbocycles. The molecule has 0 aliphatic rings. The van der Waals surface area contributed by atoms with Crippen LogP contribution >= 0.6 is 0 Å². The van der Waals surface area contributed by atoms with E-state index in [0.29, 0.717) is 19.3 Å². The summed E-state index contributed by atoms with van der Waals surface area (Å²) >= 11 is 0. The predicted octanol–water partition coefficient (Wildman–Crippen LogP) is 0.878. The van der Waals surface area contributed by atoms with Gasteiger partial charge >= 0.3 is 0 Å². The van der Waals surface area contributed by atoms with E-state index in [1.54, 1.807) is 0 Å². The van der Waals surface area contributed by atoms with E-state index in [2.05, 4.69) is 0 Å². The van der Waals surface area contributed by atoms with Gasteiger partial charge in [0.2, 0.25) is 0 Å².